The van der Waals surface area contributed by atoms with Crippen molar-refractivity contribution in [3.8, 4) is 17.2 Å². The van der Waals surface area contributed by atoms with Gasteiger partial charge in [0.1, 0.15) is 0 Å². The van der Waals surface area contributed by atoms with Gasteiger partial charge in [-0.2, -0.15) is 0 Å². The minimum atomic E-state index is -0.138. The molecule has 4 aromatic rings. The molecule has 9 heteroatoms. The molecule has 0 N–H and O–H groups in total. The van der Waals surface area contributed by atoms with E-state index in [1.165, 1.54) is 22.2 Å². The van der Waals surface area contributed by atoms with Gasteiger partial charge in [-0.1, -0.05) is 42.5 Å². The molecule has 0 saturated carbocycles. The van der Waals surface area contributed by atoms with Crippen molar-refractivity contribution in [2.45, 2.75) is 52.0 Å². The molecule has 3 heterocycles. The lowest BCUT2D eigenvalue weighted by molar-refractivity contribution is 0.0780. The lowest BCUT2D eigenvalue weighted by atomic mass is 9.76. The zero-order chi connectivity index (χ0) is 34.5. The summed E-state index contributed by atoms with van der Waals surface area (Å²) < 4.78 is 19.0. The number of hydrogen-bond donors (Lipinski definition) is 0. The number of allylic oxidation sites excluding steroid dienone is 2. The largest absolute Gasteiger partial charge is 0.493 e. The van der Waals surface area contributed by atoms with Gasteiger partial charge >= 0.3 is 0 Å². The topological polar surface area (TPSA) is 72.3 Å². The van der Waals surface area contributed by atoms with Crippen LogP contribution in [0.15, 0.2) is 66.7 Å². The van der Waals surface area contributed by atoms with Gasteiger partial charge in [0.15, 0.2) is 11.5 Å². The molecule has 260 valence electrons. The van der Waals surface area contributed by atoms with Gasteiger partial charge in [0.05, 0.1) is 32.4 Å². The number of carbonyl (C=O) groups excluding carboxylic acids is 1. The van der Waals surface area contributed by atoms with Gasteiger partial charge in [0, 0.05) is 50.2 Å². The van der Waals surface area contributed by atoms with E-state index in [4.69, 9.17) is 19.2 Å². The standard InChI is InChI=1S/C40H51N5O4/c1-7-8-20-45-34-13-10-9-12-33(34)41-39(45)43-19-11-18-42(23-24-43)21-16-40(32-15-14-29(2)30(3)25-32)17-22-44(28-40)38(46)31-26-35(47-4)37(49-6)36(27-31)48-5/h7-10,12-15,25-27H,11,16-24,28H2,1-6H3. The maximum atomic E-state index is 14.0. The summed E-state index contributed by atoms with van der Waals surface area (Å²) in [5.74, 6) is 2.49. The van der Waals surface area contributed by atoms with Crippen molar-refractivity contribution in [3.05, 3.63) is 89.0 Å². The van der Waals surface area contributed by atoms with E-state index >= 15 is 0 Å². The fourth-order valence-electron chi connectivity index (χ4n) is 7.55. The van der Waals surface area contributed by atoms with E-state index in [0.717, 1.165) is 70.0 Å². The molecule has 0 radical (unpaired) electrons. The van der Waals surface area contributed by atoms with Crippen molar-refractivity contribution in [3.63, 3.8) is 0 Å². The monoisotopic (exact) mass is 665 g/mol. The molecule has 1 amide bonds. The highest BCUT2D eigenvalue weighted by Crippen LogP contribution is 2.42. The van der Waals surface area contributed by atoms with E-state index in [1.807, 2.05) is 4.90 Å². The summed E-state index contributed by atoms with van der Waals surface area (Å²) in [5.41, 5.74) is 6.53. The zero-order valence-electron chi connectivity index (χ0n) is 30.0. The van der Waals surface area contributed by atoms with E-state index in [1.54, 1.807) is 33.5 Å². The molecule has 2 aliphatic rings. The van der Waals surface area contributed by atoms with Crippen LogP contribution in [0.2, 0.25) is 0 Å². The van der Waals surface area contributed by atoms with Crippen LogP contribution < -0.4 is 19.1 Å². The summed E-state index contributed by atoms with van der Waals surface area (Å²) in [6.45, 7) is 13.5. The number of nitrogens with zero attached hydrogens (tertiary/aromatic N) is 5. The number of carbonyl (C=O) groups is 1. The highest BCUT2D eigenvalue weighted by Gasteiger charge is 2.42. The Morgan fingerprint density at radius 3 is 2.39 bits per heavy atom. The number of amides is 1. The van der Waals surface area contributed by atoms with Crippen LogP contribution in [0.4, 0.5) is 5.95 Å². The van der Waals surface area contributed by atoms with Crippen molar-refractivity contribution in [1.82, 2.24) is 19.4 Å². The zero-order valence-corrected chi connectivity index (χ0v) is 30.0. The summed E-state index contributed by atoms with van der Waals surface area (Å²) >= 11 is 0. The van der Waals surface area contributed by atoms with E-state index in [2.05, 4.69) is 89.8 Å². The Bertz CT molecular complexity index is 1790. The second kappa shape index (κ2) is 14.9. The Balaban J connectivity index is 1.20. The molecular formula is C40H51N5O4. The number of aromatic nitrogens is 2. The first-order valence-electron chi connectivity index (χ1n) is 17.5. The Hall–Kier alpha value is -4.50. The normalized spacial score (nSPS) is 18.7. The van der Waals surface area contributed by atoms with Crippen molar-refractivity contribution >= 4 is 22.9 Å². The Kier molecular flexibility index (Phi) is 10.5. The van der Waals surface area contributed by atoms with Crippen molar-refractivity contribution in [1.29, 1.82) is 0 Å². The van der Waals surface area contributed by atoms with Gasteiger partial charge in [0.25, 0.3) is 5.91 Å². The van der Waals surface area contributed by atoms with Crippen LogP contribution in [0.5, 0.6) is 17.2 Å². The lowest BCUT2D eigenvalue weighted by Crippen LogP contribution is -2.39. The van der Waals surface area contributed by atoms with Crippen LogP contribution in [-0.4, -0.2) is 92.4 Å². The highest BCUT2D eigenvalue weighted by atomic mass is 16.5. The van der Waals surface area contributed by atoms with E-state index in [0.29, 0.717) is 35.9 Å². The highest BCUT2D eigenvalue weighted by molar-refractivity contribution is 5.96. The summed E-state index contributed by atoms with van der Waals surface area (Å²) in [6, 6.07) is 18.8. The Morgan fingerprint density at radius 2 is 1.67 bits per heavy atom. The summed E-state index contributed by atoms with van der Waals surface area (Å²) in [6.07, 6.45) is 7.28. The summed E-state index contributed by atoms with van der Waals surface area (Å²) in [5, 5.41) is 0. The molecule has 9 nitrogen and oxygen atoms in total. The van der Waals surface area contributed by atoms with Crippen LogP contribution in [-0.2, 0) is 12.0 Å². The van der Waals surface area contributed by atoms with Gasteiger partial charge in [-0.05, 0) is 94.1 Å². The molecule has 0 aliphatic carbocycles. The molecule has 2 saturated heterocycles. The number of methoxy groups -OCH3 is 3. The van der Waals surface area contributed by atoms with E-state index < -0.39 is 0 Å². The molecular weight excluding hydrogens is 614 g/mol. The molecule has 6 rings (SSSR count). The average molecular weight is 666 g/mol. The van der Waals surface area contributed by atoms with Crippen LogP contribution in [0.3, 0.4) is 0 Å². The summed E-state index contributed by atoms with van der Waals surface area (Å²) in [7, 11) is 4.73. The van der Waals surface area contributed by atoms with Crippen LogP contribution in [0.25, 0.3) is 11.0 Å². The van der Waals surface area contributed by atoms with Gasteiger partial charge in [-0.15, -0.1) is 0 Å². The first kappa shape index (κ1) is 34.4. The molecule has 1 atom stereocenters. The van der Waals surface area contributed by atoms with Crippen LogP contribution in [0.1, 0.15) is 53.2 Å². The van der Waals surface area contributed by atoms with Crippen LogP contribution in [0, 0.1) is 13.8 Å². The van der Waals surface area contributed by atoms with E-state index in [9.17, 15) is 4.79 Å². The smallest absolute Gasteiger partial charge is 0.254 e. The number of hydrogen-bond acceptors (Lipinski definition) is 7. The number of para-hydroxylation sites is 2. The fourth-order valence-corrected chi connectivity index (χ4v) is 7.55. The Morgan fingerprint density at radius 1 is 0.898 bits per heavy atom. The lowest BCUT2D eigenvalue weighted by Gasteiger charge is -2.33. The second-order valence-electron chi connectivity index (χ2n) is 13.5. The third-order valence-electron chi connectivity index (χ3n) is 10.6. The minimum absolute atomic E-state index is 0.0174. The minimum Gasteiger partial charge on any atom is -0.493 e. The molecule has 0 bridgehead atoms. The number of ether oxygens (including phenoxy) is 3. The number of fused-ring (bicyclic) bond motifs is 1. The number of anilines is 1. The first-order chi connectivity index (χ1) is 23.8. The molecule has 2 aliphatic heterocycles. The van der Waals surface area contributed by atoms with Gasteiger partial charge in [-0.25, -0.2) is 4.98 Å². The van der Waals surface area contributed by atoms with Crippen molar-refractivity contribution in [2.24, 2.45) is 0 Å². The number of likely N-dealkylation sites (tertiary alicyclic amines) is 1. The van der Waals surface area contributed by atoms with E-state index in [-0.39, 0.29) is 11.3 Å². The van der Waals surface area contributed by atoms with Gasteiger partial charge in [-0.3, -0.25) is 4.79 Å². The maximum Gasteiger partial charge on any atom is 0.254 e. The number of rotatable bonds is 11. The molecule has 0 spiro atoms. The third-order valence-corrected chi connectivity index (χ3v) is 10.6. The molecule has 1 aromatic heterocycles. The second-order valence-corrected chi connectivity index (χ2v) is 13.5. The van der Waals surface area contributed by atoms with Crippen molar-refractivity contribution < 1.29 is 19.0 Å². The fraction of sp³-hybridized carbons (Fsp3) is 0.450. The van der Waals surface area contributed by atoms with Crippen molar-refractivity contribution in [2.75, 3.05) is 72.0 Å². The molecule has 1 unspecified atom stereocenters. The predicted octanol–water partition coefficient (Wildman–Crippen LogP) is 6.64. The number of aryl methyl sites for hydroxylation is 2. The maximum absolute atomic E-state index is 14.0. The summed E-state index contributed by atoms with van der Waals surface area (Å²) in [4.78, 5) is 26.2. The average Bonchev–Trinajstić information content (AvgIpc) is 3.64. The van der Waals surface area contributed by atoms with Crippen LogP contribution >= 0.6 is 0 Å². The quantitative estimate of drug-likeness (QED) is 0.166. The molecule has 3 aromatic carbocycles. The SMILES string of the molecule is CC=CCn1c(N2CCCN(CCC3(c4ccc(C)c(C)c4)CCN(C(=O)c4cc(OC)c(OC)c(OC)c4)C3)CC2)nc2ccccc21. The Labute approximate surface area is 291 Å². The number of imidazole rings is 1. The van der Waals surface area contributed by atoms with Gasteiger partial charge in [0.2, 0.25) is 11.7 Å². The predicted molar refractivity (Wildman–Crippen MR) is 197 cm³/mol. The molecule has 49 heavy (non-hydrogen) atoms. The number of benzene rings is 3. The third kappa shape index (κ3) is 6.99. The first-order valence-corrected chi connectivity index (χ1v) is 17.5. The van der Waals surface area contributed by atoms with Gasteiger partial charge < -0.3 is 33.5 Å². The molecule has 2 fully saturated rings.